The van der Waals surface area contributed by atoms with Gasteiger partial charge in [-0.2, -0.15) is 17.5 Å². The fraction of sp³-hybridized carbons (Fsp3) is 0.316. The van der Waals surface area contributed by atoms with Gasteiger partial charge in [0.25, 0.3) is 0 Å². The van der Waals surface area contributed by atoms with Crippen LogP contribution >= 0.6 is 0 Å². The van der Waals surface area contributed by atoms with Crippen molar-refractivity contribution in [3.8, 4) is 5.75 Å². The van der Waals surface area contributed by atoms with Crippen molar-refractivity contribution < 1.29 is 40.2 Å². The smallest absolute Gasteiger partial charge is 0.416 e. The molecule has 1 heterocycles. The molecule has 2 aromatic rings. The summed E-state index contributed by atoms with van der Waals surface area (Å²) in [4.78, 5) is 11.5. The molecule has 0 spiro atoms. The van der Waals surface area contributed by atoms with E-state index in [-0.39, 0.29) is 18.7 Å². The Hall–Kier alpha value is -2.66. The number of ether oxygens (including phenoxy) is 2. The maximum atomic E-state index is 13.9. The number of hydrogen-bond donors (Lipinski definition) is 0. The van der Waals surface area contributed by atoms with Gasteiger partial charge in [-0.25, -0.2) is 12.8 Å². The van der Waals surface area contributed by atoms with Gasteiger partial charge in [-0.15, -0.1) is 0 Å². The van der Waals surface area contributed by atoms with Crippen LogP contribution < -0.4 is 4.74 Å². The first kappa shape index (κ1) is 22.0. The van der Waals surface area contributed by atoms with E-state index in [0.29, 0.717) is 6.07 Å². The highest BCUT2D eigenvalue weighted by Gasteiger charge is 2.46. The highest BCUT2D eigenvalue weighted by Crippen LogP contribution is 2.34. The summed E-state index contributed by atoms with van der Waals surface area (Å²) in [6, 6.07) is 7.33. The van der Waals surface area contributed by atoms with Gasteiger partial charge in [0.2, 0.25) is 10.0 Å². The molecule has 0 amide bonds. The molecule has 0 N–H and O–H groups in total. The van der Waals surface area contributed by atoms with Crippen LogP contribution in [0.25, 0.3) is 0 Å². The third kappa shape index (κ3) is 4.41. The van der Waals surface area contributed by atoms with Gasteiger partial charge >= 0.3 is 12.1 Å². The van der Waals surface area contributed by atoms with Crippen LogP contribution in [0.15, 0.2) is 53.4 Å². The second kappa shape index (κ2) is 8.23. The number of hydrogen-bond acceptors (Lipinski definition) is 5. The molecule has 11 heteroatoms. The van der Waals surface area contributed by atoms with E-state index in [9.17, 15) is 30.8 Å². The van der Waals surface area contributed by atoms with Crippen molar-refractivity contribution in [2.24, 2.45) is 0 Å². The third-order valence-electron chi connectivity index (χ3n) is 4.59. The summed E-state index contributed by atoms with van der Waals surface area (Å²) in [6.45, 7) is -0.368. The summed E-state index contributed by atoms with van der Waals surface area (Å²) in [5, 5.41) is 0. The third-order valence-corrected chi connectivity index (χ3v) is 6.46. The van der Waals surface area contributed by atoms with E-state index in [0.717, 1.165) is 35.7 Å². The quantitative estimate of drug-likeness (QED) is 0.520. The van der Waals surface area contributed by atoms with E-state index in [4.69, 9.17) is 4.74 Å². The van der Waals surface area contributed by atoms with Crippen LogP contribution in [-0.4, -0.2) is 44.5 Å². The second-order valence-corrected chi connectivity index (χ2v) is 8.44. The van der Waals surface area contributed by atoms with Gasteiger partial charge in [0.1, 0.15) is 12.1 Å². The zero-order chi connectivity index (χ0) is 22.1. The first-order valence-electron chi connectivity index (χ1n) is 8.72. The lowest BCUT2D eigenvalue weighted by molar-refractivity contribution is -0.144. The molecule has 0 aromatic heterocycles. The van der Waals surface area contributed by atoms with Gasteiger partial charge in [-0.3, -0.25) is 4.79 Å². The molecule has 1 saturated heterocycles. The molecular formula is C19H17F4NO5S. The molecule has 2 unspecified atom stereocenters. The molecular weight excluding hydrogens is 430 g/mol. The maximum Gasteiger partial charge on any atom is 0.416 e. The van der Waals surface area contributed by atoms with Gasteiger partial charge < -0.3 is 9.47 Å². The highest BCUT2D eigenvalue weighted by molar-refractivity contribution is 7.89. The largest absolute Gasteiger partial charge is 0.486 e. The molecule has 2 aromatic carbocycles. The molecule has 162 valence electrons. The van der Waals surface area contributed by atoms with Crippen molar-refractivity contribution in [3.63, 3.8) is 0 Å². The zero-order valence-corrected chi connectivity index (χ0v) is 16.4. The van der Waals surface area contributed by atoms with Crippen LogP contribution in [0.2, 0.25) is 0 Å². The molecule has 6 nitrogen and oxygen atoms in total. The van der Waals surface area contributed by atoms with Gasteiger partial charge in [-0.1, -0.05) is 18.2 Å². The van der Waals surface area contributed by atoms with Crippen LogP contribution in [-0.2, 0) is 25.7 Å². The minimum Gasteiger partial charge on any atom is -0.486 e. The average molecular weight is 447 g/mol. The number of nitrogens with zero attached hydrogens (tertiary/aromatic N) is 1. The first-order chi connectivity index (χ1) is 14.0. The van der Waals surface area contributed by atoms with Crippen molar-refractivity contribution >= 4 is 16.0 Å². The summed E-state index contributed by atoms with van der Waals surface area (Å²) in [5.74, 6) is -1.71. The standard InChI is InChI=1S/C19H17F4NO5S/c1-28-18(25)16-10-13(29-17-8-3-2-7-15(17)20)11-24(16)30(26,27)14-6-4-5-12(9-14)19(21,22)23/h2-9,13,16H,10-11H2,1H3. The molecule has 30 heavy (non-hydrogen) atoms. The molecule has 1 aliphatic rings. The lowest BCUT2D eigenvalue weighted by Crippen LogP contribution is -2.41. The number of carbonyl (C=O) groups excluding carboxylic acids is 1. The van der Waals surface area contributed by atoms with Gasteiger partial charge in [0, 0.05) is 6.42 Å². The minimum absolute atomic E-state index is 0.135. The maximum absolute atomic E-state index is 13.9. The Morgan fingerprint density at radius 3 is 2.47 bits per heavy atom. The fourth-order valence-electron chi connectivity index (χ4n) is 3.16. The van der Waals surface area contributed by atoms with Crippen LogP contribution in [0.4, 0.5) is 17.6 Å². The number of rotatable bonds is 5. The number of para-hydroxylation sites is 1. The van der Waals surface area contributed by atoms with Gasteiger partial charge in [-0.05, 0) is 30.3 Å². The van der Waals surface area contributed by atoms with Gasteiger partial charge in [0.15, 0.2) is 11.6 Å². The summed E-state index contributed by atoms with van der Waals surface area (Å²) in [7, 11) is -3.44. The number of halogens is 4. The fourth-order valence-corrected chi connectivity index (χ4v) is 4.82. The van der Waals surface area contributed by atoms with E-state index >= 15 is 0 Å². The molecule has 0 bridgehead atoms. The molecule has 2 atom stereocenters. The molecule has 3 rings (SSSR count). The Morgan fingerprint density at radius 1 is 1.13 bits per heavy atom. The summed E-state index contributed by atoms with van der Waals surface area (Å²) in [5.41, 5.74) is -1.14. The lowest BCUT2D eigenvalue weighted by Gasteiger charge is -2.22. The number of esters is 1. The Bertz CT molecular complexity index is 1040. The summed E-state index contributed by atoms with van der Waals surface area (Å²) < 4.78 is 89.8. The minimum atomic E-state index is -4.74. The van der Waals surface area contributed by atoms with Crippen molar-refractivity contribution in [1.29, 1.82) is 0 Å². The first-order valence-corrected chi connectivity index (χ1v) is 10.2. The van der Waals surface area contributed by atoms with Crippen LogP contribution in [0, 0.1) is 5.82 Å². The molecule has 0 saturated carbocycles. The van der Waals surface area contributed by atoms with E-state index in [1.165, 1.54) is 18.2 Å². The predicted octanol–water partition coefficient (Wildman–Crippen LogP) is 3.23. The Morgan fingerprint density at radius 2 is 1.83 bits per heavy atom. The van der Waals surface area contributed by atoms with Crippen molar-refractivity contribution in [2.75, 3.05) is 13.7 Å². The normalized spacial score (nSPS) is 20.2. The second-order valence-electron chi connectivity index (χ2n) is 6.55. The van der Waals surface area contributed by atoms with Crippen LogP contribution in [0.5, 0.6) is 5.75 Å². The number of benzene rings is 2. The molecule has 1 aliphatic heterocycles. The van der Waals surface area contributed by atoms with E-state index in [1.54, 1.807) is 0 Å². The molecule has 0 aliphatic carbocycles. The van der Waals surface area contributed by atoms with Crippen LogP contribution in [0.3, 0.4) is 0 Å². The lowest BCUT2D eigenvalue weighted by atomic mass is 10.2. The van der Waals surface area contributed by atoms with Crippen molar-refractivity contribution in [1.82, 2.24) is 4.31 Å². The summed E-state index contributed by atoms with van der Waals surface area (Å²) in [6.07, 6.45) is -5.81. The SMILES string of the molecule is COC(=O)C1CC(Oc2ccccc2F)CN1S(=O)(=O)c1cccc(C(F)(F)F)c1. The number of carbonyl (C=O) groups is 1. The monoisotopic (exact) mass is 447 g/mol. The topological polar surface area (TPSA) is 72.9 Å². The number of alkyl halides is 3. The van der Waals surface area contributed by atoms with E-state index in [1.807, 2.05) is 0 Å². The number of sulfonamides is 1. The zero-order valence-electron chi connectivity index (χ0n) is 15.6. The van der Waals surface area contributed by atoms with E-state index < -0.39 is 50.6 Å². The Labute approximate surface area is 170 Å². The van der Waals surface area contributed by atoms with Gasteiger partial charge in [0.05, 0.1) is 24.1 Å². The van der Waals surface area contributed by atoms with Crippen molar-refractivity contribution in [3.05, 3.63) is 59.9 Å². The molecule has 0 radical (unpaired) electrons. The van der Waals surface area contributed by atoms with E-state index in [2.05, 4.69) is 4.74 Å². The predicted molar refractivity (Wildman–Crippen MR) is 96.6 cm³/mol. The molecule has 1 fully saturated rings. The highest BCUT2D eigenvalue weighted by atomic mass is 32.2. The summed E-state index contributed by atoms with van der Waals surface area (Å²) >= 11 is 0. The van der Waals surface area contributed by atoms with Crippen molar-refractivity contribution in [2.45, 2.75) is 29.6 Å². The van der Waals surface area contributed by atoms with Crippen LogP contribution in [0.1, 0.15) is 12.0 Å². The Kier molecular flexibility index (Phi) is 6.04. The average Bonchev–Trinajstić information content (AvgIpc) is 3.13. The Balaban J connectivity index is 1.93. The number of methoxy groups -OCH3 is 1.